The van der Waals surface area contributed by atoms with E-state index < -0.39 is 5.91 Å². The maximum Gasteiger partial charge on any atom is 0.267 e. The summed E-state index contributed by atoms with van der Waals surface area (Å²) >= 11 is 0. The minimum absolute atomic E-state index is 0.00112. The second kappa shape index (κ2) is 8.98. The molecule has 0 aromatic heterocycles. The molecule has 2 N–H and O–H groups in total. The topological polar surface area (TPSA) is 95.9 Å². The van der Waals surface area contributed by atoms with Crippen molar-refractivity contribution in [2.75, 3.05) is 19.7 Å². The van der Waals surface area contributed by atoms with Crippen LogP contribution in [0.15, 0.2) is 24.3 Å². The van der Waals surface area contributed by atoms with E-state index >= 15 is 0 Å². The number of ketones is 1. The van der Waals surface area contributed by atoms with Gasteiger partial charge in [0.2, 0.25) is 5.91 Å². The minimum atomic E-state index is -0.650. The van der Waals surface area contributed by atoms with Gasteiger partial charge in [0.05, 0.1) is 12.2 Å². The van der Waals surface area contributed by atoms with Crippen LogP contribution in [-0.2, 0) is 9.59 Å². The molecule has 1 aliphatic rings. The molecular weight excluding hydrogens is 324 g/mol. The quantitative estimate of drug-likeness (QED) is 0.484. The smallest absolute Gasteiger partial charge is 0.267 e. The van der Waals surface area contributed by atoms with Crippen LogP contribution in [0.2, 0.25) is 0 Å². The van der Waals surface area contributed by atoms with E-state index in [9.17, 15) is 14.4 Å². The number of Topliss-reactive ketones (excluding diaryl/α,β-unsaturated/α-hetero) is 1. The summed E-state index contributed by atoms with van der Waals surface area (Å²) in [7, 11) is 0. The van der Waals surface area contributed by atoms with Crippen LogP contribution in [0.4, 0.5) is 0 Å². The highest BCUT2D eigenvalue weighted by molar-refractivity contribution is 5.99. The number of benzene rings is 1. The Balaban J connectivity index is 2.20. The van der Waals surface area contributed by atoms with Crippen LogP contribution >= 0.6 is 0 Å². The molecule has 1 aromatic rings. The molecule has 0 unspecified atom stereocenters. The minimum Gasteiger partial charge on any atom is -0.493 e. The third kappa shape index (κ3) is 5.42. The van der Waals surface area contributed by atoms with E-state index in [0.717, 1.165) is 0 Å². The van der Waals surface area contributed by atoms with Gasteiger partial charge in [-0.2, -0.15) is 0 Å². The number of ether oxygens (including phenoxy) is 1. The summed E-state index contributed by atoms with van der Waals surface area (Å²) in [4.78, 5) is 36.9. The van der Waals surface area contributed by atoms with Crippen LogP contribution in [0.5, 0.6) is 5.75 Å². The monoisotopic (exact) mass is 346 g/mol. The molecule has 0 atom stereocenters. The third-order valence-corrected chi connectivity index (χ3v) is 3.95. The molecule has 1 aromatic carbocycles. The van der Waals surface area contributed by atoms with E-state index in [1.807, 2.05) is 0 Å². The molecule has 2 amide bonds. The number of nitrogens with zero attached hydrogens (tertiary/aromatic N) is 1. The Morgan fingerprint density at radius 1 is 1.28 bits per heavy atom. The molecule has 2 rings (SSSR count). The zero-order valence-corrected chi connectivity index (χ0v) is 14.2. The van der Waals surface area contributed by atoms with Gasteiger partial charge in [0.25, 0.3) is 5.91 Å². The van der Waals surface area contributed by atoms with Crippen LogP contribution in [-0.4, -0.2) is 47.4 Å². The average Bonchev–Trinajstić information content (AvgIpc) is 2.64. The van der Waals surface area contributed by atoms with Crippen molar-refractivity contribution in [3.8, 4) is 5.75 Å². The Kier molecular flexibility index (Phi) is 6.71. The van der Waals surface area contributed by atoms with Crippen molar-refractivity contribution in [2.24, 2.45) is 0 Å². The van der Waals surface area contributed by atoms with Crippen molar-refractivity contribution in [2.45, 2.75) is 26.2 Å². The van der Waals surface area contributed by atoms with E-state index in [0.29, 0.717) is 55.8 Å². The molecule has 0 bridgehead atoms. The first-order valence-corrected chi connectivity index (χ1v) is 8.19. The van der Waals surface area contributed by atoms with Crippen molar-refractivity contribution in [1.29, 1.82) is 0 Å². The zero-order chi connectivity index (χ0) is 18.2. The molecule has 0 aliphatic carbocycles. The number of hydrogen-bond acceptors (Lipinski definition) is 5. The Morgan fingerprint density at radius 2 is 2.04 bits per heavy atom. The molecule has 134 valence electrons. The Hall–Kier alpha value is -2.67. The summed E-state index contributed by atoms with van der Waals surface area (Å²) in [6, 6.07) is 5.10. The van der Waals surface area contributed by atoms with Gasteiger partial charge in [-0.25, -0.2) is 5.48 Å². The number of hydroxylamine groups is 1. The molecule has 0 spiro atoms. The summed E-state index contributed by atoms with van der Waals surface area (Å²) in [5, 5.41) is 8.51. The number of rotatable bonds is 2. The molecule has 25 heavy (non-hydrogen) atoms. The Bertz CT molecular complexity index is 684. The summed E-state index contributed by atoms with van der Waals surface area (Å²) < 4.78 is 5.72. The fraction of sp³-hybridized carbons (Fsp3) is 0.389. The maximum absolute atomic E-state index is 12.5. The molecule has 1 aliphatic heterocycles. The summed E-state index contributed by atoms with van der Waals surface area (Å²) in [6.07, 6.45) is 4.26. The first-order chi connectivity index (χ1) is 12.0. The predicted octanol–water partition coefficient (Wildman–Crippen LogP) is 1.80. The van der Waals surface area contributed by atoms with E-state index in [-0.39, 0.29) is 11.7 Å². The summed E-state index contributed by atoms with van der Waals surface area (Å²) in [5.74, 6) is -0.213. The lowest BCUT2D eigenvalue weighted by Crippen LogP contribution is -2.31. The molecular formula is C18H22N2O5. The van der Waals surface area contributed by atoms with Gasteiger partial charge in [0.15, 0.2) is 5.78 Å². The fourth-order valence-electron chi connectivity index (χ4n) is 2.63. The number of hydrogen-bond donors (Lipinski definition) is 2. The van der Waals surface area contributed by atoms with Gasteiger partial charge in [-0.15, -0.1) is 0 Å². The molecule has 0 saturated heterocycles. The van der Waals surface area contributed by atoms with Crippen molar-refractivity contribution in [3.63, 3.8) is 0 Å². The number of amides is 2. The van der Waals surface area contributed by atoms with Gasteiger partial charge in [-0.1, -0.05) is 6.07 Å². The Morgan fingerprint density at radius 3 is 2.76 bits per heavy atom. The largest absolute Gasteiger partial charge is 0.493 e. The van der Waals surface area contributed by atoms with Crippen LogP contribution < -0.4 is 10.2 Å². The lowest BCUT2D eigenvalue weighted by atomic mass is 10.0. The normalized spacial score (nSPS) is 15.9. The second-order valence-corrected chi connectivity index (χ2v) is 5.80. The van der Waals surface area contributed by atoms with Crippen LogP contribution in [0.1, 0.15) is 42.1 Å². The van der Waals surface area contributed by atoms with Gasteiger partial charge < -0.3 is 9.64 Å². The highest BCUT2D eigenvalue weighted by Gasteiger charge is 2.16. The van der Waals surface area contributed by atoms with Gasteiger partial charge in [0.1, 0.15) is 5.75 Å². The maximum atomic E-state index is 12.5. The average molecular weight is 346 g/mol. The van der Waals surface area contributed by atoms with Crippen LogP contribution in [0, 0.1) is 0 Å². The fourth-order valence-corrected chi connectivity index (χ4v) is 2.63. The molecule has 7 nitrogen and oxygen atoms in total. The molecule has 0 radical (unpaired) electrons. The van der Waals surface area contributed by atoms with E-state index in [4.69, 9.17) is 9.94 Å². The first kappa shape index (κ1) is 18.7. The van der Waals surface area contributed by atoms with Crippen molar-refractivity contribution in [1.82, 2.24) is 10.4 Å². The Labute approximate surface area is 146 Å². The van der Waals surface area contributed by atoms with Gasteiger partial charge in [-0.3, -0.25) is 19.6 Å². The second-order valence-electron chi connectivity index (χ2n) is 5.80. The van der Waals surface area contributed by atoms with Crippen LogP contribution in [0.25, 0.3) is 6.08 Å². The number of nitrogens with one attached hydrogen (secondary N) is 1. The lowest BCUT2D eigenvalue weighted by molar-refractivity contribution is -0.129. The van der Waals surface area contributed by atoms with E-state index in [2.05, 4.69) is 0 Å². The summed E-state index contributed by atoms with van der Waals surface area (Å²) in [6.45, 7) is 3.09. The molecule has 0 saturated carbocycles. The number of carbonyl (C=O) groups is 3. The van der Waals surface area contributed by atoms with Gasteiger partial charge in [-0.05, 0) is 36.6 Å². The zero-order valence-electron chi connectivity index (χ0n) is 14.2. The van der Waals surface area contributed by atoms with Crippen molar-refractivity contribution >= 4 is 23.7 Å². The highest BCUT2D eigenvalue weighted by atomic mass is 16.5. The molecule has 1 heterocycles. The van der Waals surface area contributed by atoms with Crippen molar-refractivity contribution in [3.05, 3.63) is 35.4 Å². The third-order valence-electron chi connectivity index (χ3n) is 3.95. The van der Waals surface area contributed by atoms with Crippen LogP contribution in [0.3, 0.4) is 0 Å². The first-order valence-electron chi connectivity index (χ1n) is 8.19. The number of fused-ring (bicyclic) bond motifs is 1. The SMILES string of the molecule is CC(=O)N1CCCOc2ccc(C=CC(=O)NO)cc2C(=O)CCC1. The van der Waals surface area contributed by atoms with Crippen molar-refractivity contribution < 1.29 is 24.3 Å². The summed E-state index contributed by atoms with van der Waals surface area (Å²) in [5.41, 5.74) is 2.62. The number of carbonyl (C=O) groups excluding carboxylic acids is 3. The van der Waals surface area contributed by atoms with Gasteiger partial charge in [0, 0.05) is 32.5 Å². The van der Waals surface area contributed by atoms with Gasteiger partial charge >= 0.3 is 0 Å². The highest BCUT2D eigenvalue weighted by Crippen LogP contribution is 2.24. The predicted molar refractivity (Wildman–Crippen MR) is 91.3 cm³/mol. The molecule has 0 fully saturated rings. The standard InChI is InChI=1S/C18H22N2O5/c1-13(21)20-9-2-4-16(22)15-12-14(6-8-18(23)19-24)5-7-17(15)25-11-3-10-20/h5-8,12,24H,2-4,9-11H2,1H3,(H,19,23). The van der Waals surface area contributed by atoms with E-state index in [1.54, 1.807) is 23.1 Å². The lowest BCUT2D eigenvalue weighted by Gasteiger charge is -2.20. The van der Waals surface area contributed by atoms with E-state index in [1.165, 1.54) is 24.6 Å². The molecule has 7 heteroatoms.